The van der Waals surface area contributed by atoms with Crippen molar-refractivity contribution in [3.8, 4) is 5.75 Å². The molecule has 5 heteroatoms. The first-order chi connectivity index (χ1) is 13.6. The Hall–Kier alpha value is -3.47. The Labute approximate surface area is 165 Å². The number of aromatic carboxylic acids is 1. The summed E-state index contributed by atoms with van der Waals surface area (Å²) in [5.74, 6) is -0.0619. The van der Waals surface area contributed by atoms with Crippen molar-refractivity contribution in [1.82, 2.24) is 0 Å². The number of carboxylic acid groups (broad SMARTS) is 1. The van der Waals surface area contributed by atoms with Crippen LogP contribution in [0.1, 0.15) is 28.4 Å². The standard InChI is InChI=1S/C23H24N2O3/c1-2-28-22-8-4-7-21(14-22)25-16-18-11-9-17(10-12-18)15-24-20-6-3-5-19(13-20)23(26)27/h3-14,24-25H,2,15-16H2,1H3,(H,26,27). The van der Waals surface area contributed by atoms with Gasteiger partial charge in [0.1, 0.15) is 5.75 Å². The van der Waals surface area contributed by atoms with E-state index in [4.69, 9.17) is 9.84 Å². The average molecular weight is 376 g/mol. The van der Waals surface area contributed by atoms with E-state index in [1.54, 1.807) is 18.2 Å². The summed E-state index contributed by atoms with van der Waals surface area (Å²) in [6.07, 6.45) is 0. The van der Waals surface area contributed by atoms with Crippen LogP contribution in [0.4, 0.5) is 11.4 Å². The minimum absolute atomic E-state index is 0.278. The van der Waals surface area contributed by atoms with Gasteiger partial charge in [-0.15, -0.1) is 0 Å². The van der Waals surface area contributed by atoms with Crippen LogP contribution in [0.25, 0.3) is 0 Å². The lowest BCUT2D eigenvalue weighted by Gasteiger charge is -2.10. The Balaban J connectivity index is 1.53. The lowest BCUT2D eigenvalue weighted by molar-refractivity contribution is 0.0697. The minimum atomic E-state index is -0.924. The highest BCUT2D eigenvalue weighted by Crippen LogP contribution is 2.18. The molecule has 0 aromatic heterocycles. The molecule has 0 aliphatic rings. The largest absolute Gasteiger partial charge is 0.494 e. The number of anilines is 2. The van der Waals surface area contributed by atoms with E-state index in [0.717, 1.165) is 29.2 Å². The second-order valence-corrected chi connectivity index (χ2v) is 6.37. The third kappa shape index (κ3) is 5.51. The SMILES string of the molecule is CCOc1cccc(NCc2ccc(CNc3cccc(C(=O)O)c3)cc2)c1. The van der Waals surface area contributed by atoms with Crippen LogP contribution in [0.15, 0.2) is 72.8 Å². The molecule has 0 fully saturated rings. The van der Waals surface area contributed by atoms with Gasteiger partial charge in [0.15, 0.2) is 0 Å². The molecule has 3 N–H and O–H groups in total. The van der Waals surface area contributed by atoms with Crippen LogP contribution in [-0.2, 0) is 13.1 Å². The number of nitrogens with one attached hydrogen (secondary N) is 2. The maximum Gasteiger partial charge on any atom is 0.335 e. The Bertz CT molecular complexity index is 923. The van der Waals surface area contributed by atoms with E-state index >= 15 is 0 Å². The van der Waals surface area contributed by atoms with Gasteiger partial charge in [-0.2, -0.15) is 0 Å². The molecule has 0 amide bonds. The van der Waals surface area contributed by atoms with E-state index in [-0.39, 0.29) is 5.56 Å². The predicted octanol–water partition coefficient (Wildman–Crippen LogP) is 5.01. The number of carbonyl (C=O) groups is 1. The zero-order valence-electron chi connectivity index (χ0n) is 15.8. The predicted molar refractivity (Wildman–Crippen MR) is 112 cm³/mol. The van der Waals surface area contributed by atoms with Crippen molar-refractivity contribution in [2.45, 2.75) is 20.0 Å². The van der Waals surface area contributed by atoms with E-state index in [0.29, 0.717) is 13.2 Å². The molecule has 0 aliphatic carbocycles. The van der Waals surface area contributed by atoms with Gasteiger partial charge in [-0.1, -0.05) is 36.4 Å². The first-order valence-corrected chi connectivity index (χ1v) is 9.26. The van der Waals surface area contributed by atoms with Gasteiger partial charge in [-0.3, -0.25) is 0 Å². The first-order valence-electron chi connectivity index (χ1n) is 9.26. The molecule has 28 heavy (non-hydrogen) atoms. The number of hydrogen-bond acceptors (Lipinski definition) is 4. The Morgan fingerprint density at radius 3 is 2.00 bits per heavy atom. The van der Waals surface area contributed by atoms with Crippen LogP contribution in [0, 0.1) is 0 Å². The van der Waals surface area contributed by atoms with Gasteiger partial charge in [0.25, 0.3) is 0 Å². The van der Waals surface area contributed by atoms with Gasteiger partial charge in [0.05, 0.1) is 12.2 Å². The van der Waals surface area contributed by atoms with Crippen LogP contribution in [-0.4, -0.2) is 17.7 Å². The van der Waals surface area contributed by atoms with Crippen molar-refractivity contribution in [2.75, 3.05) is 17.2 Å². The Kier molecular flexibility index (Phi) is 6.52. The zero-order chi connectivity index (χ0) is 19.8. The normalized spacial score (nSPS) is 10.3. The van der Waals surface area contributed by atoms with E-state index in [1.807, 2.05) is 37.3 Å². The molecule has 3 aromatic carbocycles. The molecular weight excluding hydrogens is 352 g/mol. The van der Waals surface area contributed by atoms with Crippen molar-refractivity contribution in [3.63, 3.8) is 0 Å². The quantitative estimate of drug-likeness (QED) is 0.490. The van der Waals surface area contributed by atoms with Gasteiger partial charge in [-0.25, -0.2) is 4.79 Å². The van der Waals surface area contributed by atoms with Gasteiger partial charge in [0, 0.05) is 30.5 Å². The smallest absolute Gasteiger partial charge is 0.335 e. The molecule has 0 bridgehead atoms. The number of carboxylic acids is 1. The van der Waals surface area contributed by atoms with Gasteiger partial charge in [-0.05, 0) is 48.4 Å². The van der Waals surface area contributed by atoms with Gasteiger partial charge < -0.3 is 20.5 Å². The third-order valence-corrected chi connectivity index (χ3v) is 4.27. The molecule has 3 rings (SSSR count). The number of rotatable bonds is 9. The number of hydrogen-bond donors (Lipinski definition) is 3. The lowest BCUT2D eigenvalue weighted by Crippen LogP contribution is -2.03. The second kappa shape index (κ2) is 9.46. The highest BCUT2D eigenvalue weighted by molar-refractivity contribution is 5.88. The molecule has 0 radical (unpaired) electrons. The molecule has 5 nitrogen and oxygen atoms in total. The Morgan fingerprint density at radius 1 is 0.857 bits per heavy atom. The van der Waals surface area contributed by atoms with Gasteiger partial charge >= 0.3 is 5.97 Å². The van der Waals surface area contributed by atoms with E-state index in [2.05, 4.69) is 34.9 Å². The summed E-state index contributed by atoms with van der Waals surface area (Å²) in [6.45, 7) is 3.98. The zero-order valence-corrected chi connectivity index (χ0v) is 15.8. The molecule has 0 saturated carbocycles. The molecule has 0 unspecified atom stereocenters. The van der Waals surface area contributed by atoms with E-state index < -0.39 is 5.97 Å². The van der Waals surface area contributed by atoms with Crippen LogP contribution in [0.2, 0.25) is 0 Å². The van der Waals surface area contributed by atoms with Crippen LogP contribution >= 0.6 is 0 Å². The summed E-state index contributed by atoms with van der Waals surface area (Å²) < 4.78 is 5.52. The average Bonchev–Trinajstić information content (AvgIpc) is 2.72. The van der Waals surface area contributed by atoms with Crippen LogP contribution < -0.4 is 15.4 Å². The maximum absolute atomic E-state index is 11.0. The van der Waals surface area contributed by atoms with Crippen molar-refractivity contribution in [3.05, 3.63) is 89.5 Å². The topological polar surface area (TPSA) is 70.6 Å². The summed E-state index contributed by atoms with van der Waals surface area (Å²) in [4.78, 5) is 11.0. The molecule has 0 aliphatic heterocycles. The lowest BCUT2D eigenvalue weighted by atomic mass is 10.1. The van der Waals surface area contributed by atoms with Crippen molar-refractivity contribution < 1.29 is 14.6 Å². The fourth-order valence-electron chi connectivity index (χ4n) is 2.81. The molecule has 0 atom stereocenters. The fourth-order valence-corrected chi connectivity index (χ4v) is 2.81. The molecule has 0 spiro atoms. The van der Waals surface area contributed by atoms with Crippen molar-refractivity contribution >= 4 is 17.3 Å². The second-order valence-electron chi connectivity index (χ2n) is 6.37. The molecule has 0 saturated heterocycles. The maximum atomic E-state index is 11.0. The van der Waals surface area contributed by atoms with Crippen LogP contribution in [0.5, 0.6) is 5.75 Å². The number of benzene rings is 3. The van der Waals surface area contributed by atoms with E-state index in [9.17, 15) is 4.79 Å². The molecule has 0 heterocycles. The summed E-state index contributed by atoms with van der Waals surface area (Å²) in [6, 6.07) is 23.1. The summed E-state index contributed by atoms with van der Waals surface area (Å²) in [7, 11) is 0. The summed E-state index contributed by atoms with van der Waals surface area (Å²) in [5.41, 5.74) is 4.40. The third-order valence-electron chi connectivity index (χ3n) is 4.27. The number of ether oxygens (including phenoxy) is 1. The van der Waals surface area contributed by atoms with E-state index in [1.165, 1.54) is 5.56 Å². The minimum Gasteiger partial charge on any atom is -0.494 e. The van der Waals surface area contributed by atoms with Gasteiger partial charge in [0.2, 0.25) is 0 Å². The van der Waals surface area contributed by atoms with Crippen molar-refractivity contribution in [2.24, 2.45) is 0 Å². The molecule has 144 valence electrons. The van der Waals surface area contributed by atoms with Crippen molar-refractivity contribution in [1.29, 1.82) is 0 Å². The first kappa shape index (κ1) is 19.3. The van der Waals surface area contributed by atoms with Crippen LogP contribution in [0.3, 0.4) is 0 Å². The fraction of sp³-hybridized carbons (Fsp3) is 0.174. The monoisotopic (exact) mass is 376 g/mol. The highest BCUT2D eigenvalue weighted by Gasteiger charge is 2.03. The summed E-state index contributed by atoms with van der Waals surface area (Å²) >= 11 is 0. The highest BCUT2D eigenvalue weighted by atomic mass is 16.5. The Morgan fingerprint density at radius 2 is 1.43 bits per heavy atom. The molecule has 3 aromatic rings. The summed E-state index contributed by atoms with van der Waals surface area (Å²) in [5, 5.41) is 15.7. The molecular formula is C23H24N2O3.